The Bertz CT molecular complexity index is 761. The van der Waals surface area contributed by atoms with Gasteiger partial charge in [0.2, 0.25) is 0 Å². The van der Waals surface area contributed by atoms with Crippen LogP contribution >= 0.6 is 11.6 Å². The molecular formula is C23H33ClN2O4. The molecular weight excluding hydrogens is 404 g/mol. The summed E-state index contributed by atoms with van der Waals surface area (Å²) in [5.41, 5.74) is 0.697. The molecule has 0 radical (unpaired) electrons. The summed E-state index contributed by atoms with van der Waals surface area (Å²) in [7, 11) is 0. The number of likely N-dealkylation sites (tertiary alicyclic amines) is 1. The van der Waals surface area contributed by atoms with Gasteiger partial charge in [0.1, 0.15) is 5.60 Å². The Kier molecular flexibility index (Phi) is 7.17. The molecule has 0 bridgehead atoms. The number of hydrogen-bond donors (Lipinski definition) is 1. The molecule has 0 aromatic heterocycles. The number of aromatic carboxylic acids is 1. The van der Waals surface area contributed by atoms with E-state index in [2.05, 4.69) is 4.90 Å². The van der Waals surface area contributed by atoms with Crippen molar-refractivity contribution in [2.75, 3.05) is 31.1 Å². The molecule has 1 aromatic rings. The van der Waals surface area contributed by atoms with Gasteiger partial charge in [-0.3, -0.25) is 0 Å². The third kappa shape index (κ3) is 6.03. The number of carboxylic acids is 1. The lowest BCUT2D eigenvalue weighted by molar-refractivity contribution is 0.0174. The van der Waals surface area contributed by atoms with Gasteiger partial charge in [0.15, 0.2) is 0 Å². The van der Waals surface area contributed by atoms with Crippen molar-refractivity contribution in [2.24, 2.45) is 11.8 Å². The summed E-state index contributed by atoms with van der Waals surface area (Å²) in [6.07, 6.45) is 5.38. The first-order chi connectivity index (χ1) is 14.1. The molecule has 2 saturated heterocycles. The van der Waals surface area contributed by atoms with Gasteiger partial charge in [0.05, 0.1) is 10.6 Å². The molecule has 3 rings (SSSR count). The summed E-state index contributed by atoms with van der Waals surface area (Å²) in [4.78, 5) is 27.5. The van der Waals surface area contributed by atoms with Crippen molar-refractivity contribution >= 4 is 29.4 Å². The second kappa shape index (κ2) is 9.46. The molecule has 30 heavy (non-hydrogen) atoms. The maximum Gasteiger partial charge on any atom is 0.410 e. The molecule has 0 unspecified atom stereocenters. The lowest BCUT2D eigenvalue weighted by atomic mass is 9.83. The van der Waals surface area contributed by atoms with Crippen molar-refractivity contribution < 1.29 is 19.4 Å². The van der Waals surface area contributed by atoms with Crippen LogP contribution in [0.15, 0.2) is 18.2 Å². The van der Waals surface area contributed by atoms with Crippen molar-refractivity contribution in [3.63, 3.8) is 0 Å². The quantitative estimate of drug-likeness (QED) is 0.694. The summed E-state index contributed by atoms with van der Waals surface area (Å²) in [6, 6.07) is 5.20. The minimum absolute atomic E-state index is 0.146. The van der Waals surface area contributed by atoms with Gasteiger partial charge in [-0.05, 0) is 82.9 Å². The lowest BCUT2D eigenvalue weighted by Gasteiger charge is -2.38. The molecule has 7 heteroatoms. The highest BCUT2D eigenvalue weighted by Crippen LogP contribution is 2.33. The molecule has 2 fully saturated rings. The monoisotopic (exact) mass is 436 g/mol. The van der Waals surface area contributed by atoms with Crippen molar-refractivity contribution in [3.8, 4) is 0 Å². The molecule has 2 aliphatic heterocycles. The second-order valence-corrected chi connectivity index (χ2v) is 9.95. The van der Waals surface area contributed by atoms with Crippen LogP contribution in [0.3, 0.4) is 0 Å². The average Bonchev–Trinajstić information content (AvgIpc) is 2.67. The fraction of sp³-hybridized carbons (Fsp3) is 0.652. The van der Waals surface area contributed by atoms with Crippen LogP contribution in [0, 0.1) is 11.8 Å². The van der Waals surface area contributed by atoms with E-state index in [1.165, 1.54) is 6.42 Å². The first kappa shape index (κ1) is 22.7. The fourth-order valence-electron chi connectivity index (χ4n) is 4.45. The maximum absolute atomic E-state index is 12.2. The number of ether oxygens (including phenoxy) is 1. The molecule has 0 atom stereocenters. The average molecular weight is 437 g/mol. The third-order valence-corrected chi connectivity index (χ3v) is 6.41. The van der Waals surface area contributed by atoms with Gasteiger partial charge in [-0.1, -0.05) is 11.6 Å². The number of hydrogen-bond acceptors (Lipinski definition) is 4. The van der Waals surface area contributed by atoms with Gasteiger partial charge >= 0.3 is 12.1 Å². The number of anilines is 1. The molecule has 2 aliphatic rings. The SMILES string of the molecule is CC(C)(C)OC(=O)N1CCC(CC2CCN(c3ccc(C(=O)O)c(Cl)c3)CC2)CC1. The van der Waals surface area contributed by atoms with Gasteiger partial charge in [-0.25, -0.2) is 9.59 Å². The van der Waals surface area contributed by atoms with Crippen LogP contribution in [-0.2, 0) is 4.74 Å². The van der Waals surface area contributed by atoms with Crippen LogP contribution in [0.5, 0.6) is 0 Å². The van der Waals surface area contributed by atoms with Crippen LogP contribution < -0.4 is 4.90 Å². The predicted molar refractivity (Wildman–Crippen MR) is 118 cm³/mol. The fourth-order valence-corrected chi connectivity index (χ4v) is 4.71. The maximum atomic E-state index is 12.2. The predicted octanol–water partition coefficient (Wildman–Crippen LogP) is 5.29. The number of halogens is 1. The first-order valence-corrected chi connectivity index (χ1v) is 11.3. The number of carboxylic acid groups (broad SMARTS) is 1. The Morgan fingerprint density at radius 1 is 1.07 bits per heavy atom. The number of carbonyl (C=O) groups excluding carboxylic acids is 1. The third-order valence-electron chi connectivity index (χ3n) is 6.10. The van der Waals surface area contributed by atoms with E-state index in [0.717, 1.165) is 57.5 Å². The summed E-state index contributed by atoms with van der Waals surface area (Å²) < 4.78 is 5.48. The summed E-state index contributed by atoms with van der Waals surface area (Å²) >= 11 is 6.13. The van der Waals surface area contributed by atoms with E-state index >= 15 is 0 Å². The van der Waals surface area contributed by atoms with E-state index in [9.17, 15) is 9.59 Å². The zero-order chi connectivity index (χ0) is 21.9. The van der Waals surface area contributed by atoms with Crippen LogP contribution in [0.2, 0.25) is 5.02 Å². The Morgan fingerprint density at radius 2 is 1.63 bits per heavy atom. The van der Waals surface area contributed by atoms with E-state index in [0.29, 0.717) is 16.9 Å². The molecule has 0 saturated carbocycles. The van der Waals surface area contributed by atoms with Crippen molar-refractivity contribution in [1.29, 1.82) is 0 Å². The van der Waals surface area contributed by atoms with Gasteiger partial charge in [0.25, 0.3) is 0 Å². The zero-order valence-electron chi connectivity index (χ0n) is 18.2. The Balaban J connectivity index is 1.43. The Hall–Kier alpha value is -1.95. The van der Waals surface area contributed by atoms with Gasteiger partial charge < -0.3 is 19.6 Å². The minimum Gasteiger partial charge on any atom is -0.478 e. The van der Waals surface area contributed by atoms with Gasteiger partial charge in [0, 0.05) is 31.9 Å². The van der Waals surface area contributed by atoms with E-state index < -0.39 is 11.6 Å². The summed E-state index contributed by atoms with van der Waals surface area (Å²) in [6.45, 7) is 9.20. The molecule has 6 nitrogen and oxygen atoms in total. The number of carbonyl (C=O) groups is 2. The molecule has 0 spiro atoms. The molecule has 1 amide bonds. The number of benzene rings is 1. The van der Waals surface area contributed by atoms with E-state index in [1.54, 1.807) is 12.1 Å². The Labute approximate surface area is 184 Å². The molecule has 2 heterocycles. The number of nitrogens with zero attached hydrogens (tertiary/aromatic N) is 2. The highest BCUT2D eigenvalue weighted by molar-refractivity contribution is 6.33. The molecule has 1 N–H and O–H groups in total. The molecule has 166 valence electrons. The summed E-state index contributed by atoms with van der Waals surface area (Å²) in [5.74, 6) is 0.376. The molecule has 0 aliphatic carbocycles. The van der Waals surface area contributed by atoms with E-state index in [-0.39, 0.29) is 11.7 Å². The summed E-state index contributed by atoms with van der Waals surface area (Å²) in [5, 5.41) is 9.42. The molecule has 1 aromatic carbocycles. The van der Waals surface area contributed by atoms with E-state index in [4.69, 9.17) is 21.4 Å². The van der Waals surface area contributed by atoms with E-state index in [1.807, 2.05) is 31.7 Å². The van der Waals surface area contributed by atoms with Crippen LogP contribution in [0.25, 0.3) is 0 Å². The standard InChI is InChI=1S/C23H33ClN2O4/c1-23(2,3)30-22(29)26-12-8-17(9-13-26)14-16-6-10-25(11-7-16)18-4-5-19(21(27)28)20(24)15-18/h4-5,15-17H,6-14H2,1-3H3,(H,27,28). The smallest absolute Gasteiger partial charge is 0.410 e. The number of rotatable bonds is 4. The first-order valence-electron chi connectivity index (χ1n) is 10.9. The number of piperidine rings is 2. The van der Waals surface area contributed by atoms with Crippen molar-refractivity contribution in [1.82, 2.24) is 4.90 Å². The highest BCUT2D eigenvalue weighted by atomic mass is 35.5. The minimum atomic E-state index is -0.997. The van der Waals surface area contributed by atoms with Crippen molar-refractivity contribution in [3.05, 3.63) is 28.8 Å². The van der Waals surface area contributed by atoms with Crippen molar-refractivity contribution in [2.45, 2.75) is 58.5 Å². The largest absolute Gasteiger partial charge is 0.478 e. The normalized spacial score (nSPS) is 19.1. The topological polar surface area (TPSA) is 70.1 Å². The van der Waals surface area contributed by atoms with Gasteiger partial charge in [-0.15, -0.1) is 0 Å². The zero-order valence-corrected chi connectivity index (χ0v) is 19.0. The van der Waals surface area contributed by atoms with Crippen LogP contribution in [0.1, 0.15) is 63.2 Å². The van der Waals surface area contributed by atoms with Crippen LogP contribution in [-0.4, -0.2) is 53.8 Å². The Morgan fingerprint density at radius 3 is 2.13 bits per heavy atom. The lowest BCUT2D eigenvalue weighted by Crippen LogP contribution is -2.42. The highest BCUT2D eigenvalue weighted by Gasteiger charge is 2.29. The second-order valence-electron chi connectivity index (χ2n) is 9.55. The number of amides is 1. The van der Waals surface area contributed by atoms with Crippen LogP contribution in [0.4, 0.5) is 10.5 Å². The van der Waals surface area contributed by atoms with Gasteiger partial charge in [-0.2, -0.15) is 0 Å².